The van der Waals surface area contributed by atoms with Crippen LogP contribution in [0.1, 0.15) is 22.8 Å². The number of nitrogens with one attached hydrogen (secondary N) is 1. The minimum absolute atomic E-state index is 0.143. The van der Waals surface area contributed by atoms with Crippen LogP contribution in [0.5, 0.6) is 0 Å². The summed E-state index contributed by atoms with van der Waals surface area (Å²) in [6.07, 6.45) is 6.78. The maximum absolute atomic E-state index is 12.4. The monoisotopic (exact) mass is 332 g/mol. The molecule has 3 aromatic rings. The highest BCUT2D eigenvalue weighted by atomic mass is 16.1. The first-order chi connectivity index (χ1) is 12.3. The zero-order valence-corrected chi connectivity index (χ0v) is 14.1. The largest absolute Gasteiger partial charge is 0.348 e. The van der Waals surface area contributed by atoms with Crippen LogP contribution in [0.3, 0.4) is 0 Å². The van der Waals surface area contributed by atoms with E-state index in [0.717, 1.165) is 23.5 Å². The van der Waals surface area contributed by atoms with Crippen LogP contribution in [0.4, 0.5) is 11.4 Å². The number of benzene rings is 1. The zero-order chi connectivity index (χ0) is 17.5. The summed E-state index contributed by atoms with van der Waals surface area (Å²) in [4.78, 5) is 22.8. The van der Waals surface area contributed by atoms with Gasteiger partial charge in [-0.1, -0.05) is 18.2 Å². The molecule has 1 N–H and O–H groups in total. The molecule has 2 heterocycles. The highest BCUT2D eigenvalue weighted by Gasteiger charge is 2.11. The van der Waals surface area contributed by atoms with Gasteiger partial charge in [-0.25, -0.2) is 0 Å². The Hall–Kier alpha value is -3.21. The van der Waals surface area contributed by atoms with E-state index in [2.05, 4.69) is 27.1 Å². The van der Waals surface area contributed by atoms with Gasteiger partial charge in [0, 0.05) is 37.4 Å². The van der Waals surface area contributed by atoms with Gasteiger partial charge >= 0.3 is 0 Å². The Balaban J connectivity index is 1.75. The van der Waals surface area contributed by atoms with E-state index < -0.39 is 0 Å². The Kier molecular flexibility index (Phi) is 5.36. The molecule has 0 unspecified atom stereocenters. The third kappa shape index (κ3) is 4.20. The molecule has 5 nitrogen and oxygen atoms in total. The van der Waals surface area contributed by atoms with E-state index in [1.807, 2.05) is 48.5 Å². The number of amides is 1. The summed E-state index contributed by atoms with van der Waals surface area (Å²) in [6, 6.07) is 15.7. The molecule has 0 saturated carbocycles. The van der Waals surface area contributed by atoms with E-state index in [1.54, 1.807) is 24.8 Å². The van der Waals surface area contributed by atoms with E-state index in [9.17, 15) is 4.79 Å². The number of pyridine rings is 2. The number of para-hydroxylation sites is 1. The number of anilines is 2. The topological polar surface area (TPSA) is 58.1 Å². The van der Waals surface area contributed by atoms with Crippen LogP contribution in [0.15, 0.2) is 73.3 Å². The molecule has 0 aliphatic carbocycles. The fourth-order valence-electron chi connectivity index (χ4n) is 2.61. The quantitative estimate of drug-likeness (QED) is 0.750. The van der Waals surface area contributed by atoms with E-state index in [4.69, 9.17) is 0 Å². The van der Waals surface area contributed by atoms with Gasteiger partial charge < -0.3 is 10.2 Å². The summed E-state index contributed by atoms with van der Waals surface area (Å²) in [5.41, 5.74) is 3.51. The molecule has 0 fully saturated rings. The van der Waals surface area contributed by atoms with Gasteiger partial charge in [-0.2, -0.15) is 0 Å². The molecule has 0 aliphatic heterocycles. The Morgan fingerprint density at radius 3 is 2.48 bits per heavy atom. The van der Waals surface area contributed by atoms with Gasteiger partial charge in [0.15, 0.2) is 0 Å². The van der Waals surface area contributed by atoms with Gasteiger partial charge in [-0.05, 0) is 42.8 Å². The fraction of sp³-hybridized carbons (Fsp3) is 0.150. The van der Waals surface area contributed by atoms with Crippen molar-refractivity contribution in [3.63, 3.8) is 0 Å². The number of hydrogen-bond donors (Lipinski definition) is 1. The van der Waals surface area contributed by atoms with Crippen LogP contribution in [0.2, 0.25) is 0 Å². The molecule has 0 aliphatic rings. The summed E-state index contributed by atoms with van der Waals surface area (Å²) in [5.74, 6) is -0.143. The number of carbonyl (C=O) groups is 1. The lowest BCUT2D eigenvalue weighted by Crippen LogP contribution is -2.24. The maximum atomic E-state index is 12.4. The van der Waals surface area contributed by atoms with Crippen LogP contribution in [0.25, 0.3) is 0 Å². The Morgan fingerprint density at radius 2 is 1.76 bits per heavy atom. The number of aromatic nitrogens is 2. The molecule has 25 heavy (non-hydrogen) atoms. The SMILES string of the molecule is CCN(c1ccccc1)c1cncc(C(=O)NCc2ccncc2)c1. The molecule has 0 spiro atoms. The standard InChI is InChI=1S/C20H20N4O/c1-2-24(18-6-4-3-5-7-18)19-12-17(14-22-15-19)20(25)23-13-16-8-10-21-11-9-16/h3-12,14-15H,2,13H2,1H3,(H,23,25). The van der Waals surface area contributed by atoms with Gasteiger partial charge in [-0.15, -0.1) is 0 Å². The molecule has 0 saturated heterocycles. The molecule has 2 aromatic heterocycles. The fourth-order valence-corrected chi connectivity index (χ4v) is 2.61. The third-order valence-corrected chi connectivity index (χ3v) is 3.88. The predicted molar refractivity (Wildman–Crippen MR) is 98.8 cm³/mol. The second-order valence-corrected chi connectivity index (χ2v) is 5.55. The first-order valence-corrected chi connectivity index (χ1v) is 8.22. The average molecular weight is 332 g/mol. The van der Waals surface area contributed by atoms with Crippen molar-refractivity contribution >= 4 is 17.3 Å². The molecule has 0 atom stereocenters. The molecular weight excluding hydrogens is 312 g/mol. The van der Waals surface area contributed by atoms with Crippen molar-refractivity contribution < 1.29 is 4.79 Å². The lowest BCUT2D eigenvalue weighted by atomic mass is 10.2. The summed E-state index contributed by atoms with van der Waals surface area (Å²) in [7, 11) is 0. The van der Waals surface area contributed by atoms with Crippen molar-refractivity contribution in [2.24, 2.45) is 0 Å². The first-order valence-electron chi connectivity index (χ1n) is 8.22. The van der Waals surface area contributed by atoms with Crippen LogP contribution < -0.4 is 10.2 Å². The molecule has 1 aromatic carbocycles. The zero-order valence-electron chi connectivity index (χ0n) is 14.1. The second-order valence-electron chi connectivity index (χ2n) is 5.55. The number of rotatable bonds is 6. The maximum Gasteiger partial charge on any atom is 0.253 e. The van der Waals surface area contributed by atoms with Crippen LogP contribution in [-0.4, -0.2) is 22.4 Å². The van der Waals surface area contributed by atoms with Gasteiger partial charge in [0.25, 0.3) is 5.91 Å². The normalized spacial score (nSPS) is 10.3. The van der Waals surface area contributed by atoms with Gasteiger partial charge in [0.2, 0.25) is 0 Å². The molecular formula is C20H20N4O. The smallest absolute Gasteiger partial charge is 0.253 e. The van der Waals surface area contributed by atoms with Gasteiger partial charge in [-0.3, -0.25) is 14.8 Å². The van der Waals surface area contributed by atoms with E-state index in [1.165, 1.54) is 0 Å². The van der Waals surface area contributed by atoms with Gasteiger partial charge in [0.05, 0.1) is 17.4 Å². The van der Waals surface area contributed by atoms with Gasteiger partial charge in [0.1, 0.15) is 0 Å². The lowest BCUT2D eigenvalue weighted by Gasteiger charge is -2.23. The summed E-state index contributed by atoms with van der Waals surface area (Å²) in [5, 5.41) is 2.91. The van der Waals surface area contributed by atoms with Crippen molar-refractivity contribution in [2.45, 2.75) is 13.5 Å². The van der Waals surface area contributed by atoms with Crippen molar-refractivity contribution in [2.75, 3.05) is 11.4 Å². The molecule has 0 bridgehead atoms. The summed E-state index contributed by atoms with van der Waals surface area (Å²) < 4.78 is 0. The van der Waals surface area contributed by atoms with Crippen molar-refractivity contribution in [1.29, 1.82) is 0 Å². The van der Waals surface area contributed by atoms with E-state index >= 15 is 0 Å². The number of hydrogen-bond acceptors (Lipinski definition) is 4. The highest BCUT2D eigenvalue weighted by Crippen LogP contribution is 2.24. The summed E-state index contributed by atoms with van der Waals surface area (Å²) >= 11 is 0. The van der Waals surface area contributed by atoms with E-state index in [0.29, 0.717) is 12.1 Å². The molecule has 5 heteroatoms. The molecule has 3 rings (SSSR count). The van der Waals surface area contributed by atoms with Crippen LogP contribution in [0, 0.1) is 0 Å². The Morgan fingerprint density at radius 1 is 1.00 bits per heavy atom. The van der Waals surface area contributed by atoms with Crippen molar-refractivity contribution in [1.82, 2.24) is 15.3 Å². The summed E-state index contributed by atoms with van der Waals surface area (Å²) in [6.45, 7) is 3.32. The third-order valence-electron chi connectivity index (χ3n) is 3.88. The lowest BCUT2D eigenvalue weighted by molar-refractivity contribution is 0.0950. The van der Waals surface area contributed by atoms with Crippen molar-refractivity contribution in [3.8, 4) is 0 Å². The predicted octanol–water partition coefficient (Wildman–Crippen LogP) is 3.56. The van der Waals surface area contributed by atoms with Crippen molar-refractivity contribution in [3.05, 3.63) is 84.4 Å². The Bertz CT molecular complexity index is 821. The van der Waals surface area contributed by atoms with Crippen LogP contribution in [-0.2, 0) is 6.54 Å². The first kappa shape index (κ1) is 16.6. The molecule has 1 amide bonds. The minimum atomic E-state index is -0.143. The number of nitrogens with zero attached hydrogens (tertiary/aromatic N) is 3. The average Bonchev–Trinajstić information content (AvgIpc) is 2.69. The highest BCUT2D eigenvalue weighted by molar-refractivity contribution is 5.94. The van der Waals surface area contributed by atoms with E-state index in [-0.39, 0.29) is 5.91 Å². The minimum Gasteiger partial charge on any atom is -0.348 e. The molecule has 0 radical (unpaired) electrons. The second kappa shape index (κ2) is 8.06. The Labute approximate surface area is 147 Å². The van der Waals surface area contributed by atoms with Crippen LogP contribution >= 0.6 is 0 Å². The molecule has 126 valence electrons. The number of carbonyl (C=O) groups excluding carboxylic acids is 1.